The molecule has 1 aliphatic rings. The van der Waals surface area contributed by atoms with E-state index in [0.717, 1.165) is 42.1 Å². The lowest BCUT2D eigenvalue weighted by atomic mass is 10.0. The fraction of sp³-hybridized carbons (Fsp3) is 0.474. The van der Waals surface area contributed by atoms with Crippen molar-refractivity contribution in [3.8, 4) is 16.3 Å². The highest BCUT2D eigenvalue weighted by Crippen LogP contribution is 2.27. The highest BCUT2D eigenvalue weighted by molar-refractivity contribution is 7.13. The highest BCUT2D eigenvalue weighted by Gasteiger charge is 2.27. The first-order chi connectivity index (χ1) is 12.1. The zero-order chi connectivity index (χ0) is 17.8. The van der Waals surface area contributed by atoms with Gasteiger partial charge in [0.15, 0.2) is 0 Å². The molecule has 3 rings (SSSR count). The van der Waals surface area contributed by atoms with Crippen molar-refractivity contribution in [1.29, 1.82) is 0 Å². The number of benzene rings is 1. The number of ether oxygens (including phenoxy) is 1. The fourth-order valence-corrected chi connectivity index (χ4v) is 3.91. The number of aromatic nitrogens is 1. The van der Waals surface area contributed by atoms with E-state index in [0.29, 0.717) is 12.2 Å². The lowest BCUT2D eigenvalue weighted by Crippen LogP contribution is -2.47. The van der Waals surface area contributed by atoms with Crippen molar-refractivity contribution in [1.82, 2.24) is 9.88 Å². The van der Waals surface area contributed by atoms with E-state index in [9.17, 15) is 4.79 Å². The van der Waals surface area contributed by atoms with Crippen molar-refractivity contribution < 1.29 is 9.53 Å². The Bertz CT molecular complexity index is 718. The largest absolute Gasteiger partial charge is 0.491 e. The van der Waals surface area contributed by atoms with Gasteiger partial charge in [-0.25, -0.2) is 4.98 Å². The average molecular weight is 396 g/mol. The predicted molar refractivity (Wildman–Crippen MR) is 108 cm³/mol. The maximum atomic E-state index is 12.8. The molecular formula is C19H26ClN3O2S. The van der Waals surface area contributed by atoms with Gasteiger partial charge in [-0.1, -0.05) is 0 Å². The molecule has 0 spiro atoms. The Kier molecular flexibility index (Phi) is 7.43. The van der Waals surface area contributed by atoms with Crippen LogP contribution < -0.4 is 10.5 Å². The molecule has 1 unspecified atom stereocenters. The molecule has 7 heteroatoms. The molecule has 1 aliphatic heterocycles. The number of hydrogen-bond acceptors (Lipinski definition) is 5. The summed E-state index contributed by atoms with van der Waals surface area (Å²) in [6.07, 6.45) is 3.31. The van der Waals surface area contributed by atoms with Crippen LogP contribution in [0.1, 0.15) is 43.6 Å². The van der Waals surface area contributed by atoms with Crippen LogP contribution in [0.3, 0.4) is 0 Å². The van der Waals surface area contributed by atoms with E-state index in [1.54, 1.807) is 0 Å². The molecule has 2 heterocycles. The van der Waals surface area contributed by atoms with Crippen LogP contribution in [0.15, 0.2) is 29.6 Å². The maximum absolute atomic E-state index is 12.8. The van der Waals surface area contributed by atoms with Crippen molar-refractivity contribution in [2.24, 2.45) is 5.73 Å². The van der Waals surface area contributed by atoms with E-state index < -0.39 is 0 Å². The van der Waals surface area contributed by atoms with Crippen LogP contribution in [-0.2, 0) is 0 Å². The predicted octanol–water partition coefficient (Wildman–Crippen LogP) is 3.97. The summed E-state index contributed by atoms with van der Waals surface area (Å²) in [6, 6.07) is 7.97. The molecule has 26 heavy (non-hydrogen) atoms. The van der Waals surface area contributed by atoms with Crippen molar-refractivity contribution >= 4 is 29.7 Å². The minimum Gasteiger partial charge on any atom is -0.491 e. The van der Waals surface area contributed by atoms with Crippen molar-refractivity contribution in [2.75, 3.05) is 13.1 Å². The minimum absolute atomic E-state index is 0. The van der Waals surface area contributed by atoms with Crippen LogP contribution in [0.4, 0.5) is 0 Å². The molecule has 1 amide bonds. The normalized spacial score (nSPS) is 17.1. The van der Waals surface area contributed by atoms with Gasteiger partial charge in [0.25, 0.3) is 5.91 Å². The quantitative estimate of drug-likeness (QED) is 0.831. The van der Waals surface area contributed by atoms with E-state index in [4.69, 9.17) is 10.5 Å². The standard InChI is InChI=1S/C19H25N3O2S.ClH/c1-13(2)24-16-8-6-14(7-9-16)18-21-17(12-25-18)19(23)22-10-4-3-5-15(22)11-20;/h6-9,12-13,15H,3-5,10-11,20H2,1-2H3;1H. The van der Waals surface area contributed by atoms with Gasteiger partial charge < -0.3 is 15.4 Å². The highest BCUT2D eigenvalue weighted by atomic mass is 35.5. The smallest absolute Gasteiger partial charge is 0.273 e. The monoisotopic (exact) mass is 395 g/mol. The molecule has 142 valence electrons. The molecule has 1 fully saturated rings. The van der Waals surface area contributed by atoms with Crippen LogP contribution in [0.25, 0.3) is 10.6 Å². The molecule has 1 atom stereocenters. The van der Waals surface area contributed by atoms with Gasteiger partial charge in [0.05, 0.1) is 6.10 Å². The van der Waals surface area contributed by atoms with Crippen LogP contribution >= 0.6 is 23.7 Å². The summed E-state index contributed by atoms with van der Waals surface area (Å²) in [6.45, 7) is 5.29. The van der Waals surface area contributed by atoms with E-state index in [1.807, 2.05) is 48.4 Å². The van der Waals surface area contributed by atoms with Gasteiger partial charge in [-0.2, -0.15) is 0 Å². The Morgan fingerprint density at radius 2 is 2.08 bits per heavy atom. The zero-order valence-electron chi connectivity index (χ0n) is 15.2. The van der Waals surface area contributed by atoms with Gasteiger partial charge in [0, 0.05) is 30.1 Å². The number of piperidine rings is 1. The summed E-state index contributed by atoms with van der Waals surface area (Å²) in [7, 11) is 0. The molecular weight excluding hydrogens is 370 g/mol. The summed E-state index contributed by atoms with van der Waals surface area (Å²) in [5.41, 5.74) is 7.34. The Morgan fingerprint density at radius 1 is 1.35 bits per heavy atom. The molecule has 2 aromatic rings. The lowest BCUT2D eigenvalue weighted by molar-refractivity contribution is 0.0618. The summed E-state index contributed by atoms with van der Waals surface area (Å²) in [5, 5.41) is 2.69. The number of rotatable bonds is 5. The number of carbonyl (C=O) groups is 1. The van der Waals surface area contributed by atoms with Crippen molar-refractivity contribution in [3.05, 3.63) is 35.3 Å². The molecule has 0 radical (unpaired) electrons. The number of carbonyl (C=O) groups excluding carboxylic acids is 1. The molecule has 0 aliphatic carbocycles. The van der Waals surface area contributed by atoms with Crippen LogP contribution in [0, 0.1) is 0 Å². The van der Waals surface area contributed by atoms with E-state index in [1.165, 1.54) is 11.3 Å². The molecule has 0 bridgehead atoms. The summed E-state index contributed by atoms with van der Waals surface area (Å²) >= 11 is 1.49. The molecule has 5 nitrogen and oxygen atoms in total. The second-order valence-corrected chi connectivity index (χ2v) is 7.47. The maximum Gasteiger partial charge on any atom is 0.273 e. The second kappa shape index (κ2) is 9.35. The SMILES string of the molecule is CC(C)Oc1ccc(-c2nc(C(=O)N3CCCCC3CN)cs2)cc1.Cl. The number of likely N-dealkylation sites (tertiary alicyclic amines) is 1. The third kappa shape index (κ3) is 4.75. The summed E-state index contributed by atoms with van der Waals surface area (Å²) < 4.78 is 5.66. The Hall–Kier alpha value is -1.63. The van der Waals surface area contributed by atoms with Crippen molar-refractivity contribution in [2.45, 2.75) is 45.3 Å². The number of nitrogens with zero attached hydrogens (tertiary/aromatic N) is 2. The summed E-state index contributed by atoms with van der Waals surface area (Å²) in [5.74, 6) is 0.836. The van der Waals surface area contributed by atoms with E-state index in [-0.39, 0.29) is 30.5 Å². The first kappa shape index (κ1) is 20.7. The minimum atomic E-state index is -0.00240. The van der Waals surface area contributed by atoms with E-state index in [2.05, 4.69) is 4.98 Å². The summed E-state index contributed by atoms with van der Waals surface area (Å²) in [4.78, 5) is 19.2. The van der Waals surface area contributed by atoms with Crippen LogP contribution in [0.5, 0.6) is 5.75 Å². The van der Waals surface area contributed by atoms with Gasteiger partial charge in [0.2, 0.25) is 0 Å². The number of halogens is 1. The lowest BCUT2D eigenvalue weighted by Gasteiger charge is -2.34. The van der Waals surface area contributed by atoms with Gasteiger partial charge in [0.1, 0.15) is 16.5 Å². The third-order valence-electron chi connectivity index (χ3n) is 4.36. The molecule has 1 aromatic heterocycles. The van der Waals surface area contributed by atoms with Gasteiger partial charge >= 0.3 is 0 Å². The topological polar surface area (TPSA) is 68.5 Å². The first-order valence-corrected chi connectivity index (χ1v) is 9.70. The number of thiazole rings is 1. The zero-order valence-corrected chi connectivity index (χ0v) is 16.8. The number of hydrogen-bond donors (Lipinski definition) is 1. The molecule has 2 N–H and O–H groups in total. The number of nitrogens with two attached hydrogens (primary N) is 1. The van der Waals surface area contributed by atoms with Gasteiger partial charge in [-0.15, -0.1) is 23.7 Å². The Balaban J connectivity index is 0.00000243. The number of amides is 1. The Morgan fingerprint density at radius 3 is 2.73 bits per heavy atom. The molecule has 1 aromatic carbocycles. The molecule has 0 saturated carbocycles. The van der Waals surface area contributed by atoms with Crippen LogP contribution in [-0.4, -0.2) is 41.0 Å². The first-order valence-electron chi connectivity index (χ1n) is 8.82. The third-order valence-corrected chi connectivity index (χ3v) is 5.25. The van der Waals surface area contributed by atoms with Crippen LogP contribution in [0.2, 0.25) is 0 Å². The fourth-order valence-electron chi connectivity index (χ4n) is 3.11. The van der Waals surface area contributed by atoms with Gasteiger partial charge in [-0.05, 0) is 57.4 Å². The average Bonchev–Trinajstić information content (AvgIpc) is 3.11. The second-order valence-electron chi connectivity index (χ2n) is 6.61. The van der Waals surface area contributed by atoms with Gasteiger partial charge in [-0.3, -0.25) is 4.79 Å². The van der Waals surface area contributed by atoms with Crippen molar-refractivity contribution in [3.63, 3.8) is 0 Å². The molecule has 1 saturated heterocycles. The Labute approximate surface area is 165 Å². The van der Waals surface area contributed by atoms with E-state index >= 15 is 0 Å².